The molecule has 1 atom stereocenters. The molecule has 0 saturated carbocycles. The lowest BCUT2D eigenvalue weighted by Gasteiger charge is -2.15. The lowest BCUT2D eigenvalue weighted by atomic mass is 10.1. The van der Waals surface area contributed by atoms with Crippen molar-refractivity contribution in [2.45, 2.75) is 12.5 Å². The number of carboxylic acid groups (broad SMARTS) is 1. The highest BCUT2D eigenvalue weighted by molar-refractivity contribution is 5.92. The number of amides is 2. The Hall–Kier alpha value is -3.02. The zero-order valence-electron chi connectivity index (χ0n) is 12.7. The summed E-state index contributed by atoms with van der Waals surface area (Å²) < 4.78 is 5.03. The minimum absolute atomic E-state index is 0.214. The molecule has 0 aliphatic carbocycles. The molecule has 1 unspecified atom stereocenters. The van der Waals surface area contributed by atoms with Crippen molar-refractivity contribution in [1.29, 1.82) is 0 Å². The fraction of sp³-hybridized carbons (Fsp3) is 0.176. The van der Waals surface area contributed by atoms with Crippen LogP contribution in [0.1, 0.15) is 5.56 Å². The number of ether oxygens (including phenoxy) is 1. The topological polar surface area (TPSA) is 87.7 Å². The first-order chi connectivity index (χ1) is 11.1. The maximum Gasteiger partial charge on any atom is 0.326 e. The number of urea groups is 1. The molecule has 2 rings (SSSR count). The molecule has 0 fully saturated rings. The highest BCUT2D eigenvalue weighted by atomic mass is 16.5. The van der Waals surface area contributed by atoms with Gasteiger partial charge in [0.05, 0.1) is 7.11 Å². The first-order valence-corrected chi connectivity index (χ1v) is 7.07. The average Bonchev–Trinajstić information content (AvgIpc) is 2.56. The van der Waals surface area contributed by atoms with Gasteiger partial charge < -0.3 is 20.5 Å². The van der Waals surface area contributed by atoms with Gasteiger partial charge in [0.15, 0.2) is 0 Å². The fourth-order valence-electron chi connectivity index (χ4n) is 2.05. The van der Waals surface area contributed by atoms with Crippen LogP contribution in [0.3, 0.4) is 0 Å². The van der Waals surface area contributed by atoms with Gasteiger partial charge >= 0.3 is 12.0 Å². The van der Waals surface area contributed by atoms with E-state index in [0.717, 1.165) is 5.56 Å². The van der Waals surface area contributed by atoms with Crippen LogP contribution in [0.25, 0.3) is 0 Å². The van der Waals surface area contributed by atoms with E-state index in [-0.39, 0.29) is 6.42 Å². The summed E-state index contributed by atoms with van der Waals surface area (Å²) in [5.74, 6) is -0.415. The largest absolute Gasteiger partial charge is 0.497 e. The van der Waals surface area contributed by atoms with E-state index in [0.29, 0.717) is 11.4 Å². The van der Waals surface area contributed by atoms with E-state index in [1.165, 1.54) is 0 Å². The van der Waals surface area contributed by atoms with Crippen LogP contribution in [-0.4, -0.2) is 30.3 Å². The first-order valence-electron chi connectivity index (χ1n) is 7.07. The van der Waals surface area contributed by atoms with Crippen LogP contribution in [-0.2, 0) is 11.2 Å². The van der Waals surface area contributed by atoms with Crippen LogP contribution in [0.4, 0.5) is 10.5 Å². The first kappa shape index (κ1) is 16.4. The molecule has 3 N–H and O–H groups in total. The van der Waals surface area contributed by atoms with Crippen molar-refractivity contribution < 1.29 is 19.4 Å². The lowest BCUT2D eigenvalue weighted by molar-refractivity contribution is -0.139. The van der Waals surface area contributed by atoms with Gasteiger partial charge in [0.25, 0.3) is 0 Å². The summed E-state index contributed by atoms with van der Waals surface area (Å²) in [6.07, 6.45) is 0.214. The van der Waals surface area contributed by atoms with E-state index in [1.807, 2.05) is 30.3 Å². The molecule has 2 amide bonds. The van der Waals surface area contributed by atoms with Crippen LogP contribution in [0.5, 0.6) is 5.75 Å². The molecule has 120 valence electrons. The summed E-state index contributed by atoms with van der Waals surface area (Å²) in [5, 5.41) is 14.3. The fourth-order valence-corrected chi connectivity index (χ4v) is 2.05. The Morgan fingerprint density at radius 3 is 2.30 bits per heavy atom. The molecule has 0 aromatic heterocycles. The molecule has 23 heavy (non-hydrogen) atoms. The number of hydrogen-bond donors (Lipinski definition) is 3. The summed E-state index contributed by atoms with van der Waals surface area (Å²) in [5.41, 5.74) is 1.39. The van der Waals surface area contributed by atoms with Crippen molar-refractivity contribution >= 4 is 17.7 Å². The van der Waals surface area contributed by atoms with E-state index < -0.39 is 18.0 Å². The Kier molecular flexibility index (Phi) is 5.57. The van der Waals surface area contributed by atoms with Gasteiger partial charge in [-0.15, -0.1) is 0 Å². The average molecular weight is 314 g/mol. The zero-order valence-corrected chi connectivity index (χ0v) is 12.7. The van der Waals surface area contributed by atoms with E-state index >= 15 is 0 Å². The lowest BCUT2D eigenvalue weighted by Crippen LogP contribution is -2.44. The molecule has 0 aliphatic heterocycles. The van der Waals surface area contributed by atoms with Crippen LogP contribution in [0.15, 0.2) is 54.6 Å². The Morgan fingerprint density at radius 2 is 1.74 bits per heavy atom. The molecule has 0 heterocycles. The standard InChI is InChI=1S/C17H18N2O4/c1-23-14-9-7-13(8-10-14)18-17(22)19-15(16(20)21)11-12-5-3-2-4-6-12/h2-10,15H,11H2,1H3,(H,20,21)(H2,18,19,22). The number of carbonyl (C=O) groups excluding carboxylic acids is 1. The second kappa shape index (κ2) is 7.84. The predicted molar refractivity (Wildman–Crippen MR) is 86.7 cm³/mol. The summed E-state index contributed by atoms with van der Waals surface area (Å²) in [6, 6.07) is 14.3. The van der Waals surface area contributed by atoms with E-state index in [4.69, 9.17) is 4.74 Å². The normalized spacial score (nSPS) is 11.3. The molecule has 0 aliphatic rings. The Balaban J connectivity index is 1.96. The number of rotatable bonds is 6. The van der Waals surface area contributed by atoms with Crippen LogP contribution in [0, 0.1) is 0 Å². The Morgan fingerprint density at radius 1 is 1.09 bits per heavy atom. The van der Waals surface area contributed by atoms with Crippen molar-refractivity contribution in [1.82, 2.24) is 5.32 Å². The molecular weight excluding hydrogens is 296 g/mol. The van der Waals surface area contributed by atoms with Gasteiger partial charge in [0, 0.05) is 12.1 Å². The predicted octanol–water partition coefficient (Wildman–Crippen LogP) is 2.51. The van der Waals surface area contributed by atoms with E-state index in [2.05, 4.69) is 10.6 Å². The van der Waals surface area contributed by atoms with E-state index in [9.17, 15) is 14.7 Å². The molecule has 2 aromatic carbocycles. The molecule has 0 radical (unpaired) electrons. The number of benzene rings is 2. The third-order valence-corrected chi connectivity index (χ3v) is 3.23. The van der Waals surface area contributed by atoms with E-state index in [1.54, 1.807) is 31.4 Å². The molecule has 6 nitrogen and oxygen atoms in total. The van der Waals surface area contributed by atoms with Gasteiger partial charge in [-0.2, -0.15) is 0 Å². The monoisotopic (exact) mass is 314 g/mol. The SMILES string of the molecule is COc1ccc(NC(=O)NC(Cc2ccccc2)C(=O)O)cc1. The van der Waals surface area contributed by atoms with Gasteiger partial charge in [-0.1, -0.05) is 30.3 Å². The van der Waals surface area contributed by atoms with Gasteiger partial charge in [0.2, 0.25) is 0 Å². The number of methoxy groups -OCH3 is 1. The molecule has 0 saturated heterocycles. The number of carbonyl (C=O) groups is 2. The highest BCUT2D eigenvalue weighted by Crippen LogP contribution is 2.14. The number of aliphatic carboxylic acids is 1. The molecular formula is C17H18N2O4. The minimum atomic E-state index is -1.08. The van der Waals surface area contributed by atoms with Crippen LogP contribution < -0.4 is 15.4 Å². The van der Waals surface area contributed by atoms with Crippen molar-refractivity contribution in [3.05, 3.63) is 60.2 Å². The summed E-state index contributed by atoms with van der Waals surface area (Å²) in [7, 11) is 1.55. The maximum atomic E-state index is 12.0. The minimum Gasteiger partial charge on any atom is -0.497 e. The van der Waals surface area contributed by atoms with Crippen LogP contribution >= 0.6 is 0 Å². The van der Waals surface area contributed by atoms with Crippen molar-refractivity contribution in [3.8, 4) is 5.75 Å². The number of hydrogen-bond acceptors (Lipinski definition) is 3. The van der Waals surface area contributed by atoms with Gasteiger partial charge in [-0.3, -0.25) is 0 Å². The molecule has 0 bridgehead atoms. The smallest absolute Gasteiger partial charge is 0.326 e. The number of anilines is 1. The van der Waals surface area contributed by atoms with Gasteiger partial charge in [0.1, 0.15) is 11.8 Å². The van der Waals surface area contributed by atoms with Gasteiger partial charge in [-0.05, 0) is 29.8 Å². The van der Waals surface area contributed by atoms with Crippen molar-refractivity contribution in [2.75, 3.05) is 12.4 Å². The zero-order chi connectivity index (χ0) is 16.7. The third kappa shape index (κ3) is 5.03. The molecule has 0 spiro atoms. The summed E-state index contributed by atoms with van der Waals surface area (Å²) in [6.45, 7) is 0. The summed E-state index contributed by atoms with van der Waals surface area (Å²) in [4.78, 5) is 23.3. The third-order valence-electron chi connectivity index (χ3n) is 3.23. The number of nitrogens with one attached hydrogen (secondary N) is 2. The Bertz CT molecular complexity index is 656. The second-order valence-corrected chi connectivity index (χ2v) is 4.91. The van der Waals surface area contributed by atoms with Crippen LogP contribution in [0.2, 0.25) is 0 Å². The highest BCUT2D eigenvalue weighted by Gasteiger charge is 2.20. The second-order valence-electron chi connectivity index (χ2n) is 4.91. The molecule has 2 aromatic rings. The summed E-state index contributed by atoms with van der Waals surface area (Å²) >= 11 is 0. The maximum absolute atomic E-state index is 12.0. The van der Waals surface area contributed by atoms with Gasteiger partial charge in [-0.25, -0.2) is 9.59 Å². The quantitative estimate of drug-likeness (QED) is 0.764. The number of carboxylic acids is 1. The Labute approximate surface area is 134 Å². The van der Waals surface area contributed by atoms with Crippen molar-refractivity contribution in [3.63, 3.8) is 0 Å². The van der Waals surface area contributed by atoms with Crippen molar-refractivity contribution in [2.24, 2.45) is 0 Å². The molecule has 6 heteroatoms.